The average Bonchev–Trinajstić information content (AvgIpc) is 3.13. The molecule has 0 aliphatic heterocycles. The molecular formula is C22H26N4O2S. The van der Waals surface area contributed by atoms with Crippen molar-refractivity contribution in [2.45, 2.75) is 50.4 Å². The summed E-state index contributed by atoms with van der Waals surface area (Å²) in [4.78, 5) is 4.26. The second kappa shape index (κ2) is 8.97. The molecule has 1 atom stereocenters. The van der Waals surface area contributed by atoms with Crippen molar-refractivity contribution < 1.29 is 9.29 Å². The molecule has 4 rings (SSSR count). The first-order valence-electron chi connectivity index (χ1n) is 9.99. The van der Waals surface area contributed by atoms with Crippen LogP contribution in [0.15, 0.2) is 48.7 Å². The lowest BCUT2D eigenvalue weighted by atomic mass is 9.86. The molecule has 1 fully saturated rings. The Morgan fingerprint density at radius 2 is 1.83 bits per heavy atom. The maximum atomic E-state index is 11.9. The molecule has 6 nitrogen and oxygen atoms in total. The maximum Gasteiger partial charge on any atom is 0.213 e. The summed E-state index contributed by atoms with van der Waals surface area (Å²) in [5.74, 6) is 3.12. The van der Waals surface area contributed by atoms with E-state index in [-0.39, 0.29) is 6.10 Å². The highest BCUT2D eigenvalue weighted by molar-refractivity contribution is 7.89. The van der Waals surface area contributed by atoms with E-state index in [2.05, 4.69) is 50.9 Å². The van der Waals surface area contributed by atoms with Gasteiger partial charge in [0.05, 0.1) is 6.26 Å². The number of rotatable bonds is 6. The quantitative estimate of drug-likeness (QED) is 0.575. The minimum absolute atomic E-state index is 0.180. The first-order valence-corrected chi connectivity index (χ1v) is 11.7. The fourth-order valence-electron chi connectivity index (χ4n) is 3.87. The van der Waals surface area contributed by atoms with Crippen LogP contribution in [0.2, 0.25) is 0 Å². The Bertz CT molecular complexity index is 920. The highest BCUT2D eigenvalue weighted by atomic mass is 32.2. The molecule has 29 heavy (non-hydrogen) atoms. The first-order chi connectivity index (χ1) is 14.1. The van der Waals surface area contributed by atoms with Gasteiger partial charge >= 0.3 is 0 Å². The minimum atomic E-state index is -0.975. The second-order valence-electron chi connectivity index (χ2n) is 7.62. The van der Waals surface area contributed by atoms with E-state index in [1.807, 2.05) is 18.2 Å². The molecule has 1 saturated carbocycles. The molecule has 3 aromatic rings. The zero-order valence-corrected chi connectivity index (χ0v) is 17.6. The Hall–Kier alpha value is -2.38. The number of nitrogens with zero attached hydrogens (tertiary/aromatic N) is 4. The summed E-state index contributed by atoms with van der Waals surface area (Å²) in [6.07, 6.45) is 7.51. The van der Waals surface area contributed by atoms with E-state index in [0.29, 0.717) is 17.6 Å². The van der Waals surface area contributed by atoms with E-state index in [1.165, 1.54) is 5.56 Å². The fraction of sp³-hybridized carbons (Fsp3) is 0.409. The van der Waals surface area contributed by atoms with Crippen LogP contribution >= 0.6 is 0 Å². The fourth-order valence-corrected chi connectivity index (χ4v) is 4.42. The summed E-state index contributed by atoms with van der Waals surface area (Å²) in [5, 5.41) is 8.92. The van der Waals surface area contributed by atoms with Crippen LogP contribution in [0.5, 0.6) is 5.88 Å². The highest BCUT2D eigenvalue weighted by Gasteiger charge is 2.29. The molecule has 0 spiro atoms. The number of aromatic nitrogens is 4. The second-order valence-corrected chi connectivity index (χ2v) is 9.06. The Labute approximate surface area is 174 Å². The molecular weight excluding hydrogens is 384 g/mol. The van der Waals surface area contributed by atoms with Crippen LogP contribution in [0.25, 0.3) is 5.69 Å². The van der Waals surface area contributed by atoms with Crippen LogP contribution in [0, 0.1) is 6.92 Å². The van der Waals surface area contributed by atoms with Crippen molar-refractivity contribution in [2.75, 3.05) is 6.26 Å². The van der Waals surface area contributed by atoms with E-state index in [0.717, 1.165) is 43.0 Å². The lowest BCUT2D eigenvalue weighted by molar-refractivity contribution is 0.139. The van der Waals surface area contributed by atoms with Crippen LogP contribution < -0.4 is 4.74 Å². The van der Waals surface area contributed by atoms with Gasteiger partial charge in [0.25, 0.3) is 0 Å². The molecule has 0 amide bonds. The first kappa shape index (κ1) is 19.9. The van der Waals surface area contributed by atoms with Crippen molar-refractivity contribution in [3.05, 3.63) is 65.9 Å². The molecule has 0 radical (unpaired) electrons. The third-order valence-electron chi connectivity index (χ3n) is 5.34. The Balaban J connectivity index is 1.52. The lowest BCUT2D eigenvalue weighted by Crippen LogP contribution is -2.25. The average molecular weight is 411 g/mol. The van der Waals surface area contributed by atoms with Gasteiger partial charge in [-0.2, -0.15) is 0 Å². The topological polar surface area (TPSA) is 75.9 Å². The van der Waals surface area contributed by atoms with Crippen molar-refractivity contribution in [1.29, 1.82) is 0 Å². The van der Waals surface area contributed by atoms with Crippen molar-refractivity contribution >= 4 is 11.2 Å². The van der Waals surface area contributed by atoms with Crippen LogP contribution in [-0.2, 0) is 16.9 Å². The molecule has 1 aliphatic carbocycles. The Morgan fingerprint density at radius 3 is 2.48 bits per heavy atom. The number of aryl methyl sites for hydroxylation is 1. The van der Waals surface area contributed by atoms with Gasteiger partial charge in [0.2, 0.25) is 5.88 Å². The van der Waals surface area contributed by atoms with Crippen molar-refractivity contribution in [3.8, 4) is 11.6 Å². The van der Waals surface area contributed by atoms with Crippen LogP contribution in [-0.4, -0.2) is 36.7 Å². The van der Waals surface area contributed by atoms with Gasteiger partial charge in [-0.05, 0) is 62.0 Å². The lowest BCUT2D eigenvalue weighted by Gasteiger charge is -2.28. The molecule has 0 unspecified atom stereocenters. The number of benzene rings is 1. The standard InChI is InChI=1S/C22H26N4O2S/c1-16-6-10-18(11-7-16)26-20(15-29(2)27)24-25-22(26)17-8-12-19(13-9-17)28-21-5-3-4-14-23-21/h3-7,10-11,14,17,19H,8-9,12-13,15H2,1-2H3/t17-,19-,29-/m0/s1. The molecule has 152 valence electrons. The van der Waals surface area contributed by atoms with Gasteiger partial charge in [-0.15, -0.1) is 10.2 Å². The van der Waals surface area contributed by atoms with E-state index < -0.39 is 11.2 Å². The van der Waals surface area contributed by atoms with Gasteiger partial charge in [-0.25, -0.2) is 4.98 Å². The molecule has 0 saturated heterocycles. The van der Waals surface area contributed by atoms with Gasteiger partial charge in [-0.1, -0.05) is 23.8 Å². The number of ether oxygens (including phenoxy) is 1. The molecule has 1 aliphatic rings. The number of pyridine rings is 1. The SMILES string of the molecule is Cc1ccc(-n2c(C[S@+](C)[O-])nnc2[C@H]2CC[C@H](Oc3ccccn3)CC2)cc1. The normalized spacial score (nSPS) is 20.4. The summed E-state index contributed by atoms with van der Waals surface area (Å²) in [7, 11) is 0. The Kier molecular flexibility index (Phi) is 6.16. The highest BCUT2D eigenvalue weighted by Crippen LogP contribution is 2.35. The van der Waals surface area contributed by atoms with E-state index >= 15 is 0 Å². The molecule has 0 bridgehead atoms. The van der Waals surface area contributed by atoms with E-state index in [9.17, 15) is 4.55 Å². The van der Waals surface area contributed by atoms with Gasteiger partial charge in [-0.3, -0.25) is 4.57 Å². The predicted octanol–water partition coefficient (Wildman–Crippen LogP) is 3.95. The summed E-state index contributed by atoms with van der Waals surface area (Å²) >= 11 is -0.975. The summed E-state index contributed by atoms with van der Waals surface area (Å²) in [5.41, 5.74) is 2.24. The van der Waals surface area contributed by atoms with Crippen LogP contribution in [0.3, 0.4) is 0 Å². The van der Waals surface area contributed by atoms with Crippen LogP contribution in [0.4, 0.5) is 0 Å². The molecule has 0 N–H and O–H groups in total. The van der Waals surface area contributed by atoms with Crippen LogP contribution in [0.1, 0.15) is 48.8 Å². The van der Waals surface area contributed by atoms with Crippen molar-refractivity contribution in [2.24, 2.45) is 0 Å². The van der Waals surface area contributed by atoms with E-state index in [4.69, 9.17) is 4.74 Å². The summed E-state index contributed by atoms with van der Waals surface area (Å²) in [6, 6.07) is 14.1. The zero-order chi connectivity index (χ0) is 20.2. The third-order valence-corrected chi connectivity index (χ3v) is 6.01. The maximum absolute atomic E-state index is 11.9. The van der Waals surface area contributed by atoms with E-state index in [1.54, 1.807) is 12.5 Å². The zero-order valence-electron chi connectivity index (χ0n) is 16.8. The smallest absolute Gasteiger partial charge is 0.213 e. The summed E-state index contributed by atoms with van der Waals surface area (Å²) < 4.78 is 20.0. The third kappa shape index (κ3) is 4.79. The molecule has 1 aromatic carbocycles. The van der Waals surface area contributed by atoms with Gasteiger partial charge in [0.15, 0.2) is 11.6 Å². The Morgan fingerprint density at radius 1 is 1.07 bits per heavy atom. The summed E-state index contributed by atoms with van der Waals surface area (Å²) in [6.45, 7) is 2.07. The van der Waals surface area contributed by atoms with Gasteiger partial charge < -0.3 is 9.29 Å². The number of hydrogen-bond donors (Lipinski definition) is 0. The largest absolute Gasteiger partial charge is 0.616 e. The molecule has 2 aromatic heterocycles. The molecule has 7 heteroatoms. The van der Waals surface area contributed by atoms with Gasteiger partial charge in [0.1, 0.15) is 11.9 Å². The monoisotopic (exact) mass is 410 g/mol. The van der Waals surface area contributed by atoms with Gasteiger partial charge in [0, 0.05) is 23.9 Å². The number of hydrogen-bond acceptors (Lipinski definition) is 5. The van der Waals surface area contributed by atoms with Crippen molar-refractivity contribution in [3.63, 3.8) is 0 Å². The van der Waals surface area contributed by atoms with Crippen molar-refractivity contribution in [1.82, 2.24) is 19.7 Å². The minimum Gasteiger partial charge on any atom is -0.616 e. The molecule has 2 heterocycles. The predicted molar refractivity (Wildman–Crippen MR) is 114 cm³/mol.